The van der Waals surface area contributed by atoms with Crippen LogP contribution in [0, 0.1) is 0 Å². The van der Waals surface area contributed by atoms with Gasteiger partial charge >= 0.3 is 12.6 Å². The van der Waals surface area contributed by atoms with Crippen molar-refractivity contribution in [2.45, 2.75) is 18.4 Å². The number of hydrogen-bond donors (Lipinski definition) is 0. The number of hydrogen-bond acceptors (Lipinski definition) is 5. The third-order valence-corrected chi connectivity index (χ3v) is 3.31. The fourth-order valence-corrected chi connectivity index (χ4v) is 2.57. The molecule has 0 atom stereocenters. The normalized spacial score (nSPS) is 11.4. The SMILES string of the molecule is CCOC(=O)c1cccc(OC(F)F)c1S(=O)(=O)Cl. The van der Waals surface area contributed by atoms with E-state index in [2.05, 4.69) is 9.47 Å². The maximum absolute atomic E-state index is 12.2. The molecule has 0 aliphatic rings. The Morgan fingerprint density at radius 3 is 2.53 bits per heavy atom. The summed E-state index contributed by atoms with van der Waals surface area (Å²) in [7, 11) is 0.676. The van der Waals surface area contributed by atoms with Crippen molar-refractivity contribution in [1.29, 1.82) is 0 Å². The van der Waals surface area contributed by atoms with Gasteiger partial charge in [-0.2, -0.15) is 8.78 Å². The van der Waals surface area contributed by atoms with E-state index < -0.39 is 37.8 Å². The van der Waals surface area contributed by atoms with Crippen LogP contribution in [0.25, 0.3) is 0 Å². The van der Waals surface area contributed by atoms with Crippen LogP contribution < -0.4 is 4.74 Å². The average Bonchev–Trinajstić information content (AvgIpc) is 2.26. The van der Waals surface area contributed by atoms with Crippen molar-refractivity contribution >= 4 is 25.7 Å². The molecule has 0 aliphatic heterocycles. The van der Waals surface area contributed by atoms with E-state index >= 15 is 0 Å². The summed E-state index contributed by atoms with van der Waals surface area (Å²) in [4.78, 5) is 10.7. The van der Waals surface area contributed by atoms with Crippen molar-refractivity contribution < 1.29 is 31.5 Å². The number of ether oxygens (including phenoxy) is 2. The highest BCUT2D eigenvalue weighted by molar-refractivity contribution is 8.13. The maximum atomic E-state index is 12.2. The van der Waals surface area contributed by atoms with Crippen molar-refractivity contribution in [1.82, 2.24) is 0 Å². The van der Waals surface area contributed by atoms with Crippen LogP contribution in [0.3, 0.4) is 0 Å². The highest BCUT2D eigenvalue weighted by Gasteiger charge is 2.27. The lowest BCUT2D eigenvalue weighted by Gasteiger charge is -2.11. The van der Waals surface area contributed by atoms with Gasteiger partial charge in [-0.25, -0.2) is 13.2 Å². The number of carbonyl (C=O) groups excluding carboxylic acids is 1. The summed E-state index contributed by atoms with van der Waals surface area (Å²) in [6.07, 6.45) is 0. The molecule has 0 saturated carbocycles. The van der Waals surface area contributed by atoms with Gasteiger partial charge in [0.05, 0.1) is 12.2 Å². The van der Waals surface area contributed by atoms with Gasteiger partial charge in [0.15, 0.2) is 0 Å². The van der Waals surface area contributed by atoms with Crippen LogP contribution >= 0.6 is 10.7 Å². The highest BCUT2D eigenvalue weighted by Crippen LogP contribution is 2.32. The molecule has 0 aliphatic carbocycles. The number of alkyl halides is 2. The van der Waals surface area contributed by atoms with E-state index in [1.165, 1.54) is 13.0 Å². The predicted octanol–water partition coefficient (Wildman–Crippen LogP) is 2.39. The zero-order chi connectivity index (χ0) is 14.6. The molecule has 0 unspecified atom stereocenters. The summed E-state index contributed by atoms with van der Waals surface area (Å²) in [6, 6.07) is 3.23. The van der Waals surface area contributed by atoms with Gasteiger partial charge in [-0.3, -0.25) is 0 Å². The zero-order valence-corrected chi connectivity index (χ0v) is 11.2. The molecule has 0 N–H and O–H groups in total. The second kappa shape index (κ2) is 6.16. The first-order valence-corrected chi connectivity index (χ1v) is 7.28. The first-order valence-electron chi connectivity index (χ1n) is 4.97. The van der Waals surface area contributed by atoms with Crippen molar-refractivity contribution in [2.24, 2.45) is 0 Å². The Hall–Kier alpha value is -1.41. The summed E-state index contributed by atoms with van der Waals surface area (Å²) < 4.78 is 55.8. The van der Waals surface area contributed by atoms with E-state index in [9.17, 15) is 22.0 Å². The average molecular weight is 315 g/mol. The molecule has 0 amide bonds. The molecule has 0 bridgehead atoms. The molecule has 0 fully saturated rings. The smallest absolute Gasteiger partial charge is 0.387 e. The number of halogens is 3. The first-order chi connectivity index (χ1) is 8.77. The minimum atomic E-state index is -4.46. The van der Waals surface area contributed by atoms with Gasteiger partial charge in [0, 0.05) is 10.7 Å². The van der Waals surface area contributed by atoms with E-state index in [0.29, 0.717) is 0 Å². The molecule has 0 saturated heterocycles. The van der Waals surface area contributed by atoms with Crippen LogP contribution in [-0.4, -0.2) is 27.6 Å². The Labute approximate surface area is 112 Å². The van der Waals surface area contributed by atoms with Crippen LogP contribution in [-0.2, 0) is 13.8 Å². The van der Waals surface area contributed by atoms with Gasteiger partial charge < -0.3 is 9.47 Å². The molecular formula is C10H9ClF2O5S. The van der Waals surface area contributed by atoms with E-state index in [0.717, 1.165) is 12.1 Å². The molecule has 0 radical (unpaired) electrons. The lowest BCUT2D eigenvalue weighted by molar-refractivity contribution is -0.0518. The number of esters is 1. The third-order valence-electron chi connectivity index (χ3n) is 1.93. The fourth-order valence-electron chi connectivity index (χ4n) is 1.33. The lowest BCUT2D eigenvalue weighted by atomic mass is 10.2. The van der Waals surface area contributed by atoms with Crippen LogP contribution in [0.4, 0.5) is 8.78 Å². The quantitative estimate of drug-likeness (QED) is 0.616. The minimum absolute atomic E-state index is 0.0134. The second-order valence-corrected chi connectivity index (χ2v) is 5.67. The van der Waals surface area contributed by atoms with Crippen LogP contribution in [0.2, 0.25) is 0 Å². The summed E-state index contributed by atoms with van der Waals surface area (Å²) in [6.45, 7) is -1.76. The largest absolute Gasteiger partial charge is 0.462 e. The highest BCUT2D eigenvalue weighted by atomic mass is 35.7. The Balaban J connectivity index is 3.43. The predicted molar refractivity (Wildman–Crippen MR) is 62.1 cm³/mol. The summed E-state index contributed by atoms with van der Waals surface area (Å²) in [5.41, 5.74) is -0.463. The van der Waals surface area contributed by atoms with Crippen LogP contribution in [0.15, 0.2) is 23.1 Å². The number of carbonyl (C=O) groups is 1. The Morgan fingerprint density at radius 2 is 2.05 bits per heavy atom. The monoisotopic (exact) mass is 314 g/mol. The van der Waals surface area contributed by atoms with Crippen molar-refractivity contribution in [3.05, 3.63) is 23.8 Å². The first kappa shape index (κ1) is 15.6. The van der Waals surface area contributed by atoms with Gasteiger partial charge in [-0.15, -0.1) is 0 Å². The van der Waals surface area contributed by atoms with E-state index in [1.54, 1.807) is 0 Å². The molecule has 1 rings (SSSR count). The third kappa shape index (κ3) is 4.03. The maximum Gasteiger partial charge on any atom is 0.387 e. The van der Waals surface area contributed by atoms with Gasteiger partial charge in [-0.1, -0.05) is 6.07 Å². The standard InChI is InChI=1S/C10H9ClF2O5S/c1-2-17-9(14)6-4-3-5-7(18-10(12)13)8(6)19(11,15)16/h3-5,10H,2H2,1H3. The van der Waals surface area contributed by atoms with Crippen molar-refractivity contribution in [2.75, 3.05) is 6.61 Å². The Morgan fingerprint density at radius 1 is 1.42 bits per heavy atom. The molecule has 19 heavy (non-hydrogen) atoms. The molecule has 5 nitrogen and oxygen atoms in total. The number of benzene rings is 1. The minimum Gasteiger partial charge on any atom is -0.462 e. The van der Waals surface area contributed by atoms with Crippen molar-refractivity contribution in [3.63, 3.8) is 0 Å². The Kier molecular flexibility index (Phi) is 5.07. The van der Waals surface area contributed by atoms with Crippen molar-refractivity contribution in [3.8, 4) is 5.75 Å². The molecular weight excluding hydrogens is 306 g/mol. The number of rotatable bonds is 5. The van der Waals surface area contributed by atoms with Gasteiger partial charge in [0.1, 0.15) is 10.6 Å². The van der Waals surface area contributed by atoms with E-state index in [4.69, 9.17) is 10.7 Å². The summed E-state index contributed by atoms with van der Waals surface area (Å²) >= 11 is 0. The molecule has 0 heterocycles. The van der Waals surface area contributed by atoms with Gasteiger partial charge in [0.25, 0.3) is 9.05 Å². The molecule has 1 aromatic rings. The molecule has 0 aromatic heterocycles. The summed E-state index contributed by atoms with van der Waals surface area (Å²) in [5.74, 6) is -1.71. The molecule has 1 aromatic carbocycles. The van der Waals surface area contributed by atoms with E-state index in [1.807, 2.05) is 0 Å². The van der Waals surface area contributed by atoms with Gasteiger partial charge in [-0.05, 0) is 19.1 Å². The second-order valence-electron chi connectivity index (χ2n) is 3.17. The molecule has 9 heteroatoms. The van der Waals surface area contributed by atoms with Gasteiger partial charge in [0.2, 0.25) is 0 Å². The lowest BCUT2D eigenvalue weighted by Crippen LogP contribution is -2.13. The summed E-state index contributed by atoms with van der Waals surface area (Å²) in [5, 5.41) is 0. The van der Waals surface area contributed by atoms with Crippen LogP contribution in [0.1, 0.15) is 17.3 Å². The van der Waals surface area contributed by atoms with Crippen LogP contribution in [0.5, 0.6) is 5.75 Å². The molecule has 106 valence electrons. The fraction of sp³-hybridized carbons (Fsp3) is 0.300. The molecule has 0 spiro atoms. The topological polar surface area (TPSA) is 69.7 Å². The zero-order valence-electron chi connectivity index (χ0n) is 9.60. The van der Waals surface area contributed by atoms with E-state index in [-0.39, 0.29) is 6.61 Å². The Bertz CT molecular complexity index is 573.